The molecule has 8 rings (SSSR count). The van der Waals surface area contributed by atoms with Gasteiger partial charge >= 0.3 is 12.2 Å². The first-order chi connectivity index (χ1) is 29.9. The van der Waals surface area contributed by atoms with E-state index in [-0.39, 0.29) is 23.9 Å². The van der Waals surface area contributed by atoms with Crippen molar-refractivity contribution < 1.29 is 28.7 Å². The molecular weight excluding hydrogens is 785 g/mol. The molecule has 6 N–H and O–H groups in total. The molecule has 14 heteroatoms. The number of hydrogen-bond acceptors (Lipinski definition) is 8. The number of ether oxygens (including phenoxy) is 2. The molecule has 2 saturated heterocycles. The summed E-state index contributed by atoms with van der Waals surface area (Å²) >= 11 is 0. The second-order valence-electron chi connectivity index (χ2n) is 16.0. The van der Waals surface area contributed by atoms with Crippen LogP contribution in [0.3, 0.4) is 0 Å². The van der Waals surface area contributed by atoms with Crippen molar-refractivity contribution in [2.24, 2.45) is 11.5 Å². The molecule has 0 spiro atoms. The van der Waals surface area contributed by atoms with Gasteiger partial charge < -0.3 is 40.7 Å². The molecule has 6 aromatic rings. The molecule has 2 aliphatic heterocycles. The predicted molar refractivity (Wildman–Crippen MR) is 233 cm³/mol. The fourth-order valence-corrected chi connectivity index (χ4v) is 8.96. The lowest BCUT2D eigenvalue weighted by Gasteiger charge is -2.27. The summed E-state index contributed by atoms with van der Waals surface area (Å²) in [6, 6.07) is 29.7. The molecule has 318 valence electrons. The summed E-state index contributed by atoms with van der Waals surface area (Å²) in [4.78, 5) is 71.9. The van der Waals surface area contributed by atoms with Gasteiger partial charge in [0, 0.05) is 46.7 Å². The van der Waals surface area contributed by atoms with Crippen LogP contribution in [0.5, 0.6) is 0 Å². The van der Waals surface area contributed by atoms with Gasteiger partial charge in [0.15, 0.2) is 0 Å². The number of carbonyl (C=O) groups is 4. The van der Waals surface area contributed by atoms with Crippen LogP contribution in [0, 0.1) is 27.7 Å². The van der Waals surface area contributed by atoms with E-state index in [1.54, 1.807) is 58.3 Å². The predicted octanol–water partition coefficient (Wildman–Crippen LogP) is 8.37. The Bertz CT molecular complexity index is 2620. The highest BCUT2D eigenvalue weighted by Gasteiger charge is 2.40. The standard InChI is InChI=1S/C48H50N8O6/c1-27-28(2)36(40-30(4)52-44(54-40)38-18-12-26-56(38)46(58)42(62-48(50)60)34-15-9-6-10-16-34)24-23-35(27)31-19-21-32(22-20-31)39-29(3)51-43(53-39)37-17-11-25-55(37)45(57)41(61-47(49)59)33-13-7-5-8-14-33/h5-10,13-16,19-24,37-38,41-42H,11-12,17-18,25-26H2,1-4H3,(H2,49,59)(H2,50,60)(H,51,53)(H,52,54)/t37?,38?,41-,42-/m1/s1. The van der Waals surface area contributed by atoms with Crippen LogP contribution in [-0.4, -0.2) is 66.8 Å². The number of carbonyl (C=O) groups excluding carboxylic acids is 4. The molecule has 0 bridgehead atoms. The number of nitrogens with two attached hydrogens (primary N) is 2. The van der Waals surface area contributed by atoms with Crippen molar-refractivity contribution >= 4 is 24.0 Å². The van der Waals surface area contributed by atoms with Crippen LogP contribution in [0.2, 0.25) is 0 Å². The summed E-state index contributed by atoms with van der Waals surface area (Å²) in [6.45, 7) is 9.17. The molecule has 0 saturated carbocycles. The fourth-order valence-electron chi connectivity index (χ4n) is 8.96. The van der Waals surface area contributed by atoms with E-state index in [4.69, 9.17) is 30.9 Å². The van der Waals surface area contributed by atoms with E-state index >= 15 is 0 Å². The summed E-state index contributed by atoms with van der Waals surface area (Å²) in [5.41, 5.74) is 21.5. The van der Waals surface area contributed by atoms with E-state index < -0.39 is 24.4 Å². The zero-order chi connectivity index (χ0) is 43.7. The number of aromatic amines is 2. The Morgan fingerprint density at radius 3 is 1.48 bits per heavy atom. The first-order valence-electron chi connectivity index (χ1n) is 20.9. The topological polar surface area (TPSA) is 203 Å². The van der Waals surface area contributed by atoms with Crippen molar-refractivity contribution in [1.29, 1.82) is 0 Å². The maximum absolute atomic E-state index is 13.9. The minimum absolute atomic E-state index is 0.315. The van der Waals surface area contributed by atoms with Crippen LogP contribution in [0.25, 0.3) is 33.6 Å². The number of benzene rings is 4. The summed E-state index contributed by atoms with van der Waals surface area (Å²) in [5.74, 6) is 0.689. The summed E-state index contributed by atoms with van der Waals surface area (Å²) in [5, 5.41) is 0. The van der Waals surface area contributed by atoms with Crippen molar-refractivity contribution in [3.8, 4) is 33.6 Å². The second kappa shape index (κ2) is 17.4. The SMILES string of the molecule is Cc1[nH]c(C2CCCN2C(=O)[C@H](OC(N)=O)c2ccccc2)nc1-c1ccc(-c2ccc(-c3nc(C4CCCN4C(=O)[C@H](OC(N)=O)c4ccccc4)[nH]c3C)c(C)c2C)cc1. The Morgan fingerprint density at radius 1 is 0.581 bits per heavy atom. The van der Waals surface area contributed by atoms with E-state index in [2.05, 4.69) is 60.2 Å². The van der Waals surface area contributed by atoms with Crippen molar-refractivity contribution in [1.82, 2.24) is 29.7 Å². The van der Waals surface area contributed by atoms with Gasteiger partial charge in [0.25, 0.3) is 11.8 Å². The zero-order valence-electron chi connectivity index (χ0n) is 35.2. The number of nitrogens with one attached hydrogen (secondary N) is 2. The number of rotatable bonds is 11. The van der Waals surface area contributed by atoms with Gasteiger partial charge in [0.2, 0.25) is 12.2 Å². The van der Waals surface area contributed by atoms with Gasteiger partial charge in [-0.05, 0) is 75.6 Å². The van der Waals surface area contributed by atoms with Crippen LogP contribution >= 0.6 is 0 Å². The summed E-state index contributed by atoms with van der Waals surface area (Å²) < 4.78 is 10.7. The van der Waals surface area contributed by atoms with Crippen LogP contribution < -0.4 is 11.5 Å². The smallest absolute Gasteiger partial charge is 0.405 e. The van der Waals surface area contributed by atoms with Gasteiger partial charge in [-0.3, -0.25) is 9.59 Å². The third-order valence-corrected chi connectivity index (χ3v) is 12.1. The molecule has 2 aliphatic rings. The number of aryl methyl sites for hydroxylation is 2. The highest BCUT2D eigenvalue weighted by molar-refractivity contribution is 5.86. The van der Waals surface area contributed by atoms with Gasteiger partial charge in [-0.2, -0.15) is 0 Å². The monoisotopic (exact) mass is 834 g/mol. The first-order valence-corrected chi connectivity index (χ1v) is 20.9. The maximum Gasteiger partial charge on any atom is 0.405 e. The quantitative estimate of drug-likeness (QED) is 0.0996. The Morgan fingerprint density at radius 2 is 1.00 bits per heavy atom. The Hall–Kier alpha value is -7.22. The molecule has 62 heavy (non-hydrogen) atoms. The molecule has 4 heterocycles. The average molecular weight is 835 g/mol. The van der Waals surface area contributed by atoms with Gasteiger partial charge in [0.05, 0.1) is 23.5 Å². The van der Waals surface area contributed by atoms with E-state index in [1.807, 2.05) is 26.0 Å². The molecule has 2 aromatic heterocycles. The normalized spacial score (nSPS) is 17.2. The summed E-state index contributed by atoms with van der Waals surface area (Å²) in [6.07, 6.45) is -1.34. The Balaban J connectivity index is 0.999. The van der Waals surface area contributed by atoms with Gasteiger partial charge in [0.1, 0.15) is 11.6 Å². The van der Waals surface area contributed by atoms with Gasteiger partial charge in [-0.15, -0.1) is 0 Å². The third-order valence-electron chi connectivity index (χ3n) is 12.1. The number of H-pyrrole nitrogens is 2. The molecule has 4 atom stereocenters. The Labute approximate surface area is 359 Å². The molecule has 2 fully saturated rings. The minimum Gasteiger partial charge on any atom is -0.431 e. The van der Waals surface area contributed by atoms with E-state index in [9.17, 15) is 19.2 Å². The third kappa shape index (κ3) is 8.15. The fraction of sp³-hybridized carbons (Fsp3) is 0.292. The number of amides is 4. The molecule has 4 amide bonds. The number of nitrogens with zero attached hydrogens (tertiary/aromatic N) is 4. The Kier molecular flexibility index (Phi) is 11.7. The van der Waals surface area contributed by atoms with Gasteiger partial charge in [-0.1, -0.05) is 97.1 Å². The second-order valence-corrected chi connectivity index (χ2v) is 16.0. The first kappa shape index (κ1) is 41.5. The van der Waals surface area contributed by atoms with Crippen molar-refractivity contribution in [2.45, 2.75) is 77.7 Å². The highest BCUT2D eigenvalue weighted by Crippen LogP contribution is 2.40. The van der Waals surface area contributed by atoms with E-state index in [0.29, 0.717) is 48.7 Å². The number of imidazole rings is 2. The number of likely N-dealkylation sites (tertiary alicyclic amines) is 2. The molecule has 4 aromatic carbocycles. The maximum atomic E-state index is 13.9. The lowest BCUT2D eigenvalue weighted by molar-refractivity contribution is -0.142. The highest BCUT2D eigenvalue weighted by atomic mass is 16.6. The van der Waals surface area contributed by atoms with E-state index in [1.165, 1.54) is 0 Å². The number of primary amides is 2. The molecule has 0 aliphatic carbocycles. The molecule has 14 nitrogen and oxygen atoms in total. The molecule has 0 radical (unpaired) electrons. The van der Waals surface area contributed by atoms with Crippen molar-refractivity contribution in [3.63, 3.8) is 0 Å². The van der Waals surface area contributed by atoms with Crippen molar-refractivity contribution in [3.05, 3.63) is 142 Å². The zero-order valence-corrected chi connectivity index (χ0v) is 35.2. The van der Waals surface area contributed by atoms with Crippen molar-refractivity contribution in [2.75, 3.05) is 13.1 Å². The van der Waals surface area contributed by atoms with Crippen LogP contribution in [0.15, 0.2) is 97.1 Å². The van der Waals surface area contributed by atoms with E-state index in [0.717, 1.165) is 69.0 Å². The molecular formula is C48H50N8O6. The van der Waals surface area contributed by atoms with Crippen LogP contribution in [-0.2, 0) is 19.1 Å². The number of aromatic nitrogens is 4. The van der Waals surface area contributed by atoms with Crippen LogP contribution in [0.4, 0.5) is 9.59 Å². The minimum atomic E-state index is -1.15. The lowest BCUT2D eigenvalue weighted by Crippen LogP contribution is -2.37. The van der Waals surface area contributed by atoms with Crippen LogP contribution in [0.1, 0.15) is 95.3 Å². The van der Waals surface area contributed by atoms with Gasteiger partial charge in [-0.25, -0.2) is 19.6 Å². The largest absolute Gasteiger partial charge is 0.431 e. The molecule has 2 unspecified atom stereocenters. The average Bonchev–Trinajstić information content (AvgIpc) is 4.10. The lowest BCUT2D eigenvalue weighted by atomic mass is 9.91. The summed E-state index contributed by atoms with van der Waals surface area (Å²) in [7, 11) is 0. The number of hydrogen-bond donors (Lipinski definition) is 4.